The van der Waals surface area contributed by atoms with E-state index in [0.717, 1.165) is 23.6 Å². The fourth-order valence-electron chi connectivity index (χ4n) is 1.45. The molecule has 1 aromatic rings. The first-order valence-electron chi connectivity index (χ1n) is 4.69. The fraction of sp³-hybridized carbons (Fsp3) is 0.333. The van der Waals surface area contributed by atoms with Crippen molar-refractivity contribution in [1.29, 1.82) is 0 Å². The number of allylic oxidation sites excluding steroid dienone is 1. The molecule has 3 radical (unpaired) electrons. The molecule has 1 rings (SSSR count). The summed E-state index contributed by atoms with van der Waals surface area (Å²) in [5.74, 6) is 0. The third kappa shape index (κ3) is 2.73. The Morgan fingerprint density at radius 3 is 2.71 bits per heavy atom. The van der Waals surface area contributed by atoms with Crippen molar-refractivity contribution in [2.24, 2.45) is 0 Å². The molecule has 0 heterocycles. The zero-order chi connectivity index (χ0) is 10.6. The molecule has 0 aliphatic rings. The van der Waals surface area contributed by atoms with Crippen LogP contribution in [-0.2, 0) is 4.87 Å². The lowest BCUT2D eigenvalue weighted by atomic mass is 9.95. The van der Waals surface area contributed by atoms with Crippen LogP contribution >= 0.6 is 11.6 Å². The van der Waals surface area contributed by atoms with E-state index in [1.165, 1.54) is 0 Å². The summed E-state index contributed by atoms with van der Waals surface area (Å²) in [6.07, 6.45) is 3.73. The highest BCUT2D eigenvalue weighted by Gasteiger charge is 2.23. The Hall–Kier alpha value is -0.533. The van der Waals surface area contributed by atoms with Crippen LogP contribution in [0.4, 0.5) is 0 Å². The van der Waals surface area contributed by atoms with Crippen LogP contribution in [0.15, 0.2) is 36.9 Å². The minimum Gasteiger partial charge on any atom is -0.114 e. The SMILES string of the molecule is C=CCCC(C)(Cl)c1ccccc1[Si]. The third-order valence-electron chi connectivity index (χ3n) is 2.31. The molecule has 1 unspecified atom stereocenters. The van der Waals surface area contributed by atoms with Crippen LogP contribution in [0, 0.1) is 0 Å². The molecule has 0 nitrogen and oxygen atoms in total. The van der Waals surface area contributed by atoms with E-state index < -0.39 is 0 Å². The van der Waals surface area contributed by atoms with Gasteiger partial charge in [-0.25, -0.2) is 0 Å². The lowest BCUT2D eigenvalue weighted by Gasteiger charge is -2.23. The number of alkyl halides is 1. The van der Waals surface area contributed by atoms with Crippen molar-refractivity contribution < 1.29 is 0 Å². The molecule has 0 aliphatic carbocycles. The Morgan fingerprint density at radius 1 is 1.50 bits per heavy atom. The second kappa shape index (κ2) is 4.81. The van der Waals surface area contributed by atoms with Crippen molar-refractivity contribution >= 4 is 27.0 Å². The average molecular weight is 222 g/mol. The molecule has 0 aliphatic heterocycles. The molecule has 0 N–H and O–H groups in total. The van der Waals surface area contributed by atoms with Crippen LogP contribution in [0.1, 0.15) is 25.3 Å². The number of benzene rings is 1. The second-order valence-electron chi connectivity index (χ2n) is 3.57. The van der Waals surface area contributed by atoms with Crippen molar-refractivity contribution in [2.45, 2.75) is 24.6 Å². The summed E-state index contributed by atoms with van der Waals surface area (Å²) < 4.78 is 0. The summed E-state index contributed by atoms with van der Waals surface area (Å²) in [5.41, 5.74) is 1.14. The monoisotopic (exact) mass is 221 g/mol. The highest BCUT2D eigenvalue weighted by Crippen LogP contribution is 2.32. The lowest BCUT2D eigenvalue weighted by molar-refractivity contribution is 0.620. The molecule has 1 atom stereocenters. The predicted molar refractivity (Wildman–Crippen MR) is 64.5 cm³/mol. The first kappa shape index (κ1) is 11.5. The quantitative estimate of drug-likeness (QED) is 0.417. The van der Waals surface area contributed by atoms with Crippen molar-refractivity contribution in [1.82, 2.24) is 0 Å². The van der Waals surface area contributed by atoms with Crippen molar-refractivity contribution in [2.75, 3.05) is 0 Å². The van der Waals surface area contributed by atoms with E-state index in [0.29, 0.717) is 0 Å². The first-order valence-corrected chi connectivity index (χ1v) is 5.56. The highest BCUT2D eigenvalue weighted by atomic mass is 35.5. The number of hydrogen-bond acceptors (Lipinski definition) is 0. The largest absolute Gasteiger partial charge is 0.114 e. The summed E-state index contributed by atoms with van der Waals surface area (Å²) in [7, 11) is 3.57. The molecule has 0 aromatic heterocycles. The van der Waals surface area contributed by atoms with Gasteiger partial charge >= 0.3 is 0 Å². The number of rotatable bonds is 4. The van der Waals surface area contributed by atoms with Crippen LogP contribution in [0.5, 0.6) is 0 Å². The molecule has 0 saturated heterocycles. The molecule has 2 heteroatoms. The third-order valence-corrected chi connectivity index (χ3v) is 3.14. The van der Waals surface area contributed by atoms with Gasteiger partial charge in [-0.3, -0.25) is 0 Å². The van der Waals surface area contributed by atoms with Gasteiger partial charge in [-0.1, -0.05) is 35.5 Å². The maximum absolute atomic E-state index is 6.47. The van der Waals surface area contributed by atoms with E-state index in [2.05, 4.69) is 22.9 Å². The smallest absolute Gasteiger partial charge is 0.0716 e. The maximum atomic E-state index is 6.47. The van der Waals surface area contributed by atoms with Gasteiger partial charge in [-0.05, 0) is 25.3 Å². The van der Waals surface area contributed by atoms with Gasteiger partial charge in [0.25, 0.3) is 0 Å². The average Bonchev–Trinajstić information content (AvgIpc) is 2.15. The van der Waals surface area contributed by atoms with Gasteiger partial charge in [0.15, 0.2) is 0 Å². The first-order chi connectivity index (χ1) is 6.58. The maximum Gasteiger partial charge on any atom is 0.0716 e. The van der Waals surface area contributed by atoms with Crippen LogP contribution in [-0.4, -0.2) is 10.2 Å². The van der Waals surface area contributed by atoms with Crippen LogP contribution in [0.25, 0.3) is 0 Å². The minimum atomic E-state index is -0.313. The van der Waals surface area contributed by atoms with Gasteiger partial charge in [0, 0.05) is 0 Å². The Labute approximate surface area is 94.4 Å². The predicted octanol–water partition coefficient (Wildman–Crippen LogP) is 2.90. The molecule has 14 heavy (non-hydrogen) atoms. The Bertz CT molecular complexity index is 318. The zero-order valence-corrected chi connectivity index (χ0v) is 10.1. The van der Waals surface area contributed by atoms with Crippen molar-refractivity contribution in [3.05, 3.63) is 42.5 Å². The fourth-order valence-corrected chi connectivity index (χ4v) is 2.25. The molecule has 0 fully saturated rings. The normalized spacial score (nSPS) is 14.8. The van der Waals surface area contributed by atoms with Gasteiger partial charge in [-0.15, -0.1) is 18.2 Å². The molecule has 1 aromatic carbocycles. The van der Waals surface area contributed by atoms with E-state index >= 15 is 0 Å². The summed E-state index contributed by atoms with van der Waals surface area (Å²) in [6.45, 7) is 5.75. The number of hydrogen-bond donors (Lipinski definition) is 0. The van der Waals surface area contributed by atoms with E-state index in [9.17, 15) is 0 Å². The van der Waals surface area contributed by atoms with E-state index in [4.69, 9.17) is 11.6 Å². The van der Waals surface area contributed by atoms with Crippen LogP contribution in [0.2, 0.25) is 0 Å². The van der Waals surface area contributed by atoms with E-state index in [-0.39, 0.29) is 4.87 Å². The van der Waals surface area contributed by atoms with Crippen molar-refractivity contribution in [3.8, 4) is 0 Å². The molecule has 0 saturated carbocycles. The van der Waals surface area contributed by atoms with Crippen LogP contribution in [0.3, 0.4) is 0 Å². The molecule has 73 valence electrons. The molecular formula is C12H14ClSi. The Balaban J connectivity index is 2.91. The minimum absolute atomic E-state index is 0.313. The van der Waals surface area contributed by atoms with Gasteiger partial charge in [0.05, 0.1) is 15.1 Å². The Kier molecular flexibility index (Phi) is 3.96. The van der Waals surface area contributed by atoms with Gasteiger partial charge < -0.3 is 0 Å². The standard InChI is InChI=1S/C12H14ClSi/c1-3-4-9-12(2,13)10-7-5-6-8-11(10)14/h3,5-8H,1,4,9H2,2H3. The molecular weight excluding hydrogens is 208 g/mol. The number of halogens is 1. The summed E-state index contributed by atoms with van der Waals surface area (Å²) >= 11 is 6.47. The Morgan fingerprint density at radius 2 is 2.14 bits per heavy atom. The van der Waals surface area contributed by atoms with Gasteiger partial charge in [-0.2, -0.15) is 0 Å². The van der Waals surface area contributed by atoms with E-state index in [1.54, 1.807) is 0 Å². The lowest BCUT2D eigenvalue weighted by Crippen LogP contribution is -2.23. The summed E-state index contributed by atoms with van der Waals surface area (Å²) in [6, 6.07) is 8.07. The zero-order valence-electron chi connectivity index (χ0n) is 8.39. The summed E-state index contributed by atoms with van der Waals surface area (Å²) in [4.78, 5) is -0.313. The van der Waals surface area contributed by atoms with Gasteiger partial charge in [0.1, 0.15) is 0 Å². The molecule has 0 amide bonds. The topological polar surface area (TPSA) is 0 Å². The molecule has 0 bridgehead atoms. The molecule has 0 spiro atoms. The van der Waals surface area contributed by atoms with Crippen molar-refractivity contribution in [3.63, 3.8) is 0 Å². The van der Waals surface area contributed by atoms with Crippen LogP contribution < -0.4 is 5.19 Å². The highest BCUT2D eigenvalue weighted by molar-refractivity contribution is 6.35. The second-order valence-corrected chi connectivity index (χ2v) is 4.94. The van der Waals surface area contributed by atoms with E-state index in [1.807, 2.05) is 31.2 Å². The summed E-state index contributed by atoms with van der Waals surface area (Å²) in [5, 5.41) is 1.06. The van der Waals surface area contributed by atoms with Gasteiger partial charge in [0.2, 0.25) is 0 Å².